The molecule has 2 aromatic heterocycles. The van der Waals surface area contributed by atoms with Crippen LogP contribution in [0.2, 0.25) is 0 Å². The van der Waals surface area contributed by atoms with E-state index in [4.69, 9.17) is 0 Å². The number of aromatic nitrogens is 3. The van der Waals surface area contributed by atoms with Crippen molar-refractivity contribution in [3.05, 3.63) is 36.3 Å². The van der Waals surface area contributed by atoms with Gasteiger partial charge in [0.15, 0.2) is 0 Å². The molecular formula is C16H21N5O. The Morgan fingerprint density at radius 1 is 1.36 bits per heavy atom. The molecule has 1 amide bonds. The van der Waals surface area contributed by atoms with E-state index < -0.39 is 0 Å². The Balaban J connectivity index is 1.77. The van der Waals surface area contributed by atoms with E-state index in [-0.39, 0.29) is 5.91 Å². The van der Waals surface area contributed by atoms with Gasteiger partial charge in [0, 0.05) is 32.0 Å². The molecule has 22 heavy (non-hydrogen) atoms. The molecule has 0 bridgehead atoms. The Kier molecular flexibility index (Phi) is 3.83. The summed E-state index contributed by atoms with van der Waals surface area (Å²) >= 11 is 0. The van der Waals surface area contributed by atoms with Gasteiger partial charge >= 0.3 is 0 Å². The first-order valence-corrected chi connectivity index (χ1v) is 7.54. The maximum atomic E-state index is 12.4. The molecular weight excluding hydrogens is 278 g/mol. The Morgan fingerprint density at radius 3 is 2.82 bits per heavy atom. The maximum absolute atomic E-state index is 12.4. The molecule has 0 unspecified atom stereocenters. The molecule has 6 heteroatoms. The number of carbonyl (C=O) groups is 1. The van der Waals surface area contributed by atoms with Crippen molar-refractivity contribution in [1.82, 2.24) is 14.8 Å². The molecule has 0 spiro atoms. The van der Waals surface area contributed by atoms with Crippen LogP contribution in [0.25, 0.3) is 0 Å². The topological polar surface area (TPSA) is 63.1 Å². The zero-order valence-electron chi connectivity index (χ0n) is 13.2. The fraction of sp³-hybridized carbons (Fsp3) is 0.438. The number of hydrogen-bond acceptors (Lipinski definition) is 4. The van der Waals surface area contributed by atoms with E-state index in [1.165, 1.54) is 12.8 Å². The fourth-order valence-electron chi connectivity index (χ4n) is 2.52. The van der Waals surface area contributed by atoms with E-state index in [1.807, 2.05) is 35.8 Å². The lowest BCUT2D eigenvalue weighted by atomic mass is 10.2. The van der Waals surface area contributed by atoms with Crippen molar-refractivity contribution >= 4 is 17.4 Å². The Morgan fingerprint density at radius 2 is 2.14 bits per heavy atom. The van der Waals surface area contributed by atoms with Gasteiger partial charge in [0.2, 0.25) is 0 Å². The summed E-state index contributed by atoms with van der Waals surface area (Å²) in [5, 5.41) is 7.26. The maximum Gasteiger partial charge on any atom is 0.275 e. The molecule has 2 aromatic rings. The third-order valence-corrected chi connectivity index (χ3v) is 4.09. The van der Waals surface area contributed by atoms with E-state index in [0.29, 0.717) is 17.7 Å². The molecule has 0 aromatic carbocycles. The van der Waals surface area contributed by atoms with Crippen LogP contribution < -0.4 is 10.2 Å². The average molecular weight is 299 g/mol. The zero-order valence-corrected chi connectivity index (χ0v) is 13.2. The zero-order chi connectivity index (χ0) is 15.7. The van der Waals surface area contributed by atoms with Crippen molar-refractivity contribution in [2.24, 2.45) is 5.92 Å². The van der Waals surface area contributed by atoms with Gasteiger partial charge in [-0.25, -0.2) is 4.68 Å². The van der Waals surface area contributed by atoms with Gasteiger partial charge in [-0.3, -0.25) is 9.78 Å². The monoisotopic (exact) mass is 299 g/mol. The van der Waals surface area contributed by atoms with Crippen molar-refractivity contribution in [3.63, 3.8) is 0 Å². The predicted molar refractivity (Wildman–Crippen MR) is 86.2 cm³/mol. The number of anilines is 2. The molecule has 6 nitrogen and oxygen atoms in total. The average Bonchev–Trinajstić information content (AvgIpc) is 3.27. The highest BCUT2D eigenvalue weighted by Crippen LogP contribution is 2.40. The molecule has 1 aliphatic rings. The van der Waals surface area contributed by atoms with Crippen LogP contribution in [0, 0.1) is 5.92 Å². The first kappa shape index (κ1) is 14.6. The molecule has 1 atom stereocenters. The van der Waals surface area contributed by atoms with E-state index in [0.717, 1.165) is 11.5 Å². The molecule has 116 valence electrons. The van der Waals surface area contributed by atoms with E-state index in [9.17, 15) is 4.79 Å². The molecule has 2 heterocycles. The largest absolute Gasteiger partial charge is 0.378 e. The van der Waals surface area contributed by atoms with Crippen molar-refractivity contribution in [1.29, 1.82) is 0 Å². The highest BCUT2D eigenvalue weighted by Gasteiger charge is 2.30. The van der Waals surface area contributed by atoms with Gasteiger partial charge in [-0.15, -0.1) is 0 Å². The second-order valence-electron chi connectivity index (χ2n) is 5.99. The number of carbonyl (C=O) groups excluding carboxylic acids is 1. The van der Waals surface area contributed by atoms with Crippen molar-refractivity contribution in [2.45, 2.75) is 25.8 Å². The summed E-state index contributed by atoms with van der Waals surface area (Å²) in [5.41, 5.74) is 1.35. The molecule has 0 aliphatic heterocycles. The van der Waals surface area contributed by atoms with Gasteiger partial charge in [0.05, 0.1) is 12.2 Å². The lowest BCUT2D eigenvalue weighted by Crippen LogP contribution is -2.20. The number of nitrogens with one attached hydrogen (secondary N) is 1. The lowest BCUT2D eigenvalue weighted by Gasteiger charge is -2.16. The van der Waals surface area contributed by atoms with E-state index in [2.05, 4.69) is 22.3 Å². The van der Waals surface area contributed by atoms with Gasteiger partial charge in [0.25, 0.3) is 5.91 Å². The summed E-state index contributed by atoms with van der Waals surface area (Å²) in [5.74, 6) is 1.18. The number of nitrogens with zero attached hydrogens (tertiary/aromatic N) is 4. The highest BCUT2D eigenvalue weighted by atomic mass is 16.2. The molecule has 0 saturated heterocycles. The van der Waals surface area contributed by atoms with Crippen molar-refractivity contribution in [3.8, 4) is 0 Å². The molecule has 1 fully saturated rings. The van der Waals surface area contributed by atoms with Gasteiger partial charge in [-0.1, -0.05) is 0 Å². The lowest BCUT2D eigenvalue weighted by molar-refractivity contribution is 0.102. The number of pyridine rings is 1. The Bertz CT molecular complexity index is 675. The summed E-state index contributed by atoms with van der Waals surface area (Å²) in [6, 6.07) is 5.79. The number of rotatable bonds is 5. The summed E-state index contributed by atoms with van der Waals surface area (Å²) < 4.78 is 1.89. The standard InChI is InChI=1S/C16H21N5O/c1-11(12-4-5-12)21-15(7-9-18-21)19-16(22)14-10-13(20(2)3)6-8-17-14/h6-12H,4-5H2,1-3H3,(H,19,22)/t11-/m1/s1. The van der Waals surface area contributed by atoms with Gasteiger partial charge < -0.3 is 10.2 Å². The Hall–Kier alpha value is -2.37. The minimum Gasteiger partial charge on any atom is -0.378 e. The molecule has 1 aliphatic carbocycles. The third-order valence-electron chi connectivity index (χ3n) is 4.09. The van der Waals surface area contributed by atoms with E-state index in [1.54, 1.807) is 18.5 Å². The molecule has 3 rings (SSSR count). The first-order chi connectivity index (χ1) is 10.6. The fourth-order valence-corrected chi connectivity index (χ4v) is 2.52. The highest BCUT2D eigenvalue weighted by molar-refractivity contribution is 6.02. The second kappa shape index (κ2) is 5.79. The van der Waals surface area contributed by atoms with Crippen LogP contribution in [-0.2, 0) is 0 Å². The SMILES string of the molecule is C[C@H](C1CC1)n1nccc1NC(=O)c1cc(N(C)C)ccn1. The van der Waals surface area contributed by atoms with Crippen molar-refractivity contribution < 1.29 is 4.79 Å². The third kappa shape index (κ3) is 2.95. The predicted octanol–water partition coefficient (Wildman–Crippen LogP) is 2.57. The number of hydrogen-bond donors (Lipinski definition) is 1. The molecule has 1 saturated carbocycles. The summed E-state index contributed by atoms with van der Waals surface area (Å²) in [6.07, 6.45) is 5.84. The van der Waals surface area contributed by atoms with Crippen LogP contribution in [0.3, 0.4) is 0 Å². The summed E-state index contributed by atoms with van der Waals surface area (Å²) in [4.78, 5) is 18.5. The van der Waals surface area contributed by atoms with Crippen LogP contribution in [0.1, 0.15) is 36.3 Å². The van der Waals surface area contributed by atoms with Gasteiger partial charge in [-0.05, 0) is 37.8 Å². The van der Waals surface area contributed by atoms with Crippen LogP contribution in [0.15, 0.2) is 30.6 Å². The van der Waals surface area contributed by atoms with Crippen molar-refractivity contribution in [2.75, 3.05) is 24.3 Å². The van der Waals surface area contributed by atoms with Crippen LogP contribution >= 0.6 is 0 Å². The normalized spacial score (nSPS) is 15.4. The Labute approximate surface area is 130 Å². The van der Waals surface area contributed by atoms with Crippen LogP contribution in [0.5, 0.6) is 0 Å². The van der Waals surface area contributed by atoms with Crippen LogP contribution in [0.4, 0.5) is 11.5 Å². The van der Waals surface area contributed by atoms with Gasteiger partial charge in [0.1, 0.15) is 11.5 Å². The molecule has 0 radical (unpaired) electrons. The van der Waals surface area contributed by atoms with E-state index >= 15 is 0 Å². The summed E-state index contributed by atoms with van der Waals surface area (Å²) in [7, 11) is 3.87. The van der Waals surface area contributed by atoms with Gasteiger partial charge in [-0.2, -0.15) is 5.10 Å². The number of amides is 1. The first-order valence-electron chi connectivity index (χ1n) is 7.54. The summed E-state index contributed by atoms with van der Waals surface area (Å²) in [6.45, 7) is 2.14. The quantitative estimate of drug-likeness (QED) is 0.921. The minimum atomic E-state index is -0.214. The molecule has 1 N–H and O–H groups in total. The minimum absolute atomic E-state index is 0.214. The van der Waals surface area contributed by atoms with Crippen LogP contribution in [-0.4, -0.2) is 34.8 Å². The smallest absolute Gasteiger partial charge is 0.275 e. The second-order valence-corrected chi connectivity index (χ2v) is 5.99.